The van der Waals surface area contributed by atoms with Gasteiger partial charge in [-0.2, -0.15) is 0 Å². The van der Waals surface area contributed by atoms with Crippen LogP contribution in [0.2, 0.25) is 0 Å². The van der Waals surface area contributed by atoms with Crippen LogP contribution in [0.3, 0.4) is 0 Å². The van der Waals surface area contributed by atoms with Crippen molar-refractivity contribution >= 4 is 21.7 Å². The van der Waals surface area contributed by atoms with Gasteiger partial charge in [0.2, 0.25) is 0 Å². The summed E-state index contributed by atoms with van der Waals surface area (Å²) in [7, 11) is 0. The third kappa shape index (κ3) is 3.59. The fourth-order valence-corrected chi connectivity index (χ4v) is 4.34. The zero-order valence-corrected chi connectivity index (χ0v) is 15.9. The summed E-state index contributed by atoms with van der Waals surface area (Å²) in [5.74, 6) is 1.14. The van der Waals surface area contributed by atoms with E-state index >= 15 is 0 Å². The van der Waals surface area contributed by atoms with E-state index in [1.807, 2.05) is 6.20 Å². The summed E-state index contributed by atoms with van der Waals surface area (Å²) in [6.45, 7) is 2.86. The first-order valence-electron chi connectivity index (χ1n) is 9.09. The Morgan fingerprint density at radius 1 is 1.08 bits per heavy atom. The number of hydrogen-bond donors (Lipinski definition) is 2. The molecule has 25 heavy (non-hydrogen) atoms. The molecule has 0 radical (unpaired) electrons. The van der Waals surface area contributed by atoms with Crippen molar-refractivity contribution in [1.29, 1.82) is 0 Å². The van der Waals surface area contributed by atoms with Gasteiger partial charge in [-0.15, -0.1) is 0 Å². The predicted octanol–water partition coefficient (Wildman–Crippen LogP) is 4.41. The summed E-state index contributed by atoms with van der Waals surface area (Å²) in [6.07, 6.45) is 6.55. The molecule has 2 aliphatic rings. The highest BCUT2D eigenvalue weighted by atomic mass is 79.9. The monoisotopic (exact) mass is 401 g/mol. The summed E-state index contributed by atoms with van der Waals surface area (Å²) in [4.78, 5) is 4.29. The van der Waals surface area contributed by atoms with E-state index in [0.717, 1.165) is 42.6 Å². The topological polar surface area (TPSA) is 60.2 Å². The highest BCUT2D eigenvalue weighted by Crippen LogP contribution is 2.37. The van der Waals surface area contributed by atoms with E-state index in [4.69, 9.17) is 10.5 Å². The first-order chi connectivity index (χ1) is 12.2. The second-order valence-corrected chi connectivity index (χ2v) is 7.82. The van der Waals surface area contributed by atoms with E-state index in [2.05, 4.69) is 50.5 Å². The quantitative estimate of drug-likeness (QED) is 0.799. The van der Waals surface area contributed by atoms with Crippen LogP contribution in [0.15, 0.2) is 34.9 Å². The number of halogens is 1. The van der Waals surface area contributed by atoms with Crippen molar-refractivity contribution < 1.29 is 4.74 Å². The maximum atomic E-state index is 5.84. The van der Waals surface area contributed by atoms with E-state index in [1.165, 1.54) is 29.5 Å². The van der Waals surface area contributed by atoms with Gasteiger partial charge >= 0.3 is 0 Å². The fraction of sp³-hybridized carbons (Fsp3) is 0.450. The lowest BCUT2D eigenvalue weighted by Gasteiger charge is -2.27. The van der Waals surface area contributed by atoms with Crippen molar-refractivity contribution in [3.05, 3.63) is 46.1 Å². The minimum absolute atomic E-state index is 0.461. The van der Waals surface area contributed by atoms with Gasteiger partial charge < -0.3 is 15.8 Å². The minimum Gasteiger partial charge on any atom is -0.383 e. The number of pyridine rings is 1. The van der Waals surface area contributed by atoms with Crippen LogP contribution in [0.4, 0.5) is 5.82 Å². The molecule has 3 heterocycles. The van der Waals surface area contributed by atoms with Crippen LogP contribution in [-0.4, -0.2) is 24.7 Å². The molecule has 0 spiro atoms. The Morgan fingerprint density at radius 3 is 2.64 bits per heavy atom. The molecule has 1 atom stereocenters. The molecular weight excluding hydrogens is 378 g/mol. The van der Waals surface area contributed by atoms with Crippen LogP contribution >= 0.6 is 15.9 Å². The number of ether oxygens (including phenoxy) is 1. The molecule has 0 saturated carbocycles. The second-order valence-electron chi connectivity index (χ2n) is 6.97. The summed E-state index contributed by atoms with van der Waals surface area (Å²) >= 11 is 3.49. The van der Waals surface area contributed by atoms with Crippen molar-refractivity contribution in [2.75, 3.05) is 25.5 Å². The molecule has 0 aliphatic carbocycles. The predicted molar refractivity (Wildman–Crippen MR) is 105 cm³/mol. The van der Waals surface area contributed by atoms with Gasteiger partial charge in [0.15, 0.2) is 0 Å². The van der Waals surface area contributed by atoms with Gasteiger partial charge in [-0.1, -0.05) is 12.1 Å². The largest absolute Gasteiger partial charge is 0.383 e. The van der Waals surface area contributed by atoms with Gasteiger partial charge in [0.25, 0.3) is 0 Å². The van der Waals surface area contributed by atoms with Crippen molar-refractivity contribution in [2.45, 2.75) is 37.6 Å². The van der Waals surface area contributed by atoms with Crippen molar-refractivity contribution in [3.63, 3.8) is 0 Å². The molecule has 3 N–H and O–H groups in total. The van der Waals surface area contributed by atoms with Crippen LogP contribution in [0.25, 0.3) is 11.1 Å². The molecule has 4 rings (SSSR count). The Balaban J connectivity index is 1.74. The summed E-state index contributed by atoms with van der Waals surface area (Å²) in [5.41, 5.74) is 11.1. The number of anilines is 1. The highest BCUT2D eigenvalue weighted by molar-refractivity contribution is 9.10. The Labute approximate surface area is 157 Å². The van der Waals surface area contributed by atoms with E-state index in [-0.39, 0.29) is 0 Å². The van der Waals surface area contributed by atoms with Crippen molar-refractivity contribution in [1.82, 2.24) is 10.3 Å². The van der Waals surface area contributed by atoms with Gasteiger partial charge in [0, 0.05) is 31.0 Å². The van der Waals surface area contributed by atoms with Gasteiger partial charge in [0.1, 0.15) is 5.82 Å². The molecule has 2 aliphatic heterocycles. The zero-order valence-electron chi connectivity index (χ0n) is 14.3. The number of benzene rings is 1. The molecule has 0 amide bonds. The smallest absolute Gasteiger partial charge is 0.137 e. The third-order valence-electron chi connectivity index (χ3n) is 5.39. The Hall–Kier alpha value is -1.43. The van der Waals surface area contributed by atoms with Gasteiger partial charge in [0.05, 0.1) is 4.47 Å². The fourth-order valence-electron chi connectivity index (χ4n) is 3.99. The maximum absolute atomic E-state index is 5.84. The molecule has 0 bridgehead atoms. The number of hydrogen-bond acceptors (Lipinski definition) is 4. The average Bonchev–Trinajstić information content (AvgIpc) is 3.19. The highest BCUT2D eigenvalue weighted by Gasteiger charge is 2.25. The molecule has 1 aromatic carbocycles. The summed E-state index contributed by atoms with van der Waals surface area (Å²) < 4.78 is 6.41. The molecule has 5 heteroatoms. The van der Waals surface area contributed by atoms with Crippen molar-refractivity contribution in [3.8, 4) is 11.1 Å². The maximum Gasteiger partial charge on any atom is 0.137 e. The summed E-state index contributed by atoms with van der Waals surface area (Å²) in [6, 6.07) is 9.42. The standard InChI is InChI=1S/C20H24BrN3O/c21-18-11-15(12-24-20(18)22)14-3-4-16(13-5-8-25-9-6-13)17(10-14)19-2-1-7-23-19/h3-4,10-13,19,23H,1-2,5-9H2,(H2,22,24). The van der Waals surface area contributed by atoms with Crippen LogP contribution < -0.4 is 11.1 Å². The number of rotatable bonds is 3. The number of aromatic nitrogens is 1. The van der Waals surface area contributed by atoms with Gasteiger partial charge in [-0.3, -0.25) is 0 Å². The Morgan fingerprint density at radius 2 is 1.92 bits per heavy atom. The first-order valence-corrected chi connectivity index (χ1v) is 9.88. The Bertz CT molecular complexity index is 753. The van der Waals surface area contributed by atoms with Crippen LogP contribution in [-0.2, 0) is 4.74 Å². The normalized spacial score (nSPS) is 21.6. The molecule has 132 valence electrons. The van der Waals surface area contributed by atoms with E-state index in [1.54, 1.807) is 0 Å². The lowest BCUT2D eigenvalue weighted by atomic mass is 9.84. The SMILES string of the molecule is Nc1ncc(-c2ccc(C3CCOCC3)c(C3CCCN3)c2)cc1Br. The van der Waals surface area contributed by atoms with Crippen LogP contribution in [0.1, 0.15) is 48.8 Å². The molecule has 2 aromatic rings. The van der Waals surface area contributed by atoms with Gasteiger partial charge in [-0.25, -0.2) is 4.98 Å². The molecule has 1 aromatic heterocycles. The van der Waals surface area contributed by atoms with Crippen molar-refractivity contribution in [2.24, 2.45) is 0 Å². The Kier molecular flexibility index (Phi) is 5.06. The molecule has 2 fully saturated rings. The second kappa shape index (κ2) is 7.44. The van der Waals surface area contributed by atoms with E-state index in [9.17, 15) is 0 Å². The lowest BCUT2D eigenvalue weighted by Crippen LogP contribution is -2.19. The minimum atomic E-state index is 0.461. The van der Waals surface area contributed by atoms with Gasteiger partial charge in [-0.05, 0) is 82.9 Å². The molecule has 4 nitrogen and oxygen atoms in total. The molecule has 2 saturated heterocycles. The third-order valence-corrected chi connectivity index (χ3v) is 6.02. The number of nitrogen functional groups attached to an aromatic ring is 1. The van der Waals surface area contributed by atoms with Crippen LogP contribution in [0, 0.1) is 0 Å². The lowest BCUT2D eigenvalue weighted by molar-refractivity contribution is 0.0851. The molecular formula is C20H24BrN3O. The van der Waals surface area contributed by atoms with E-state index < -0.39 is 0 Å². The summed E-state index contributed by atoms with van der Waals surface area (Å²) in [5, 5.41) is 3.68. The zero-order chi connectivity index (χ0) is 17.2. The number of nitrogens with one attached hydrogen (secondary N) is 1. The van der Waals surface area contributed by atoms with Crippen LogP contribution in [0.5, 0.6) is 0 Å². The molecule has 1 unspecified atom stereocenters. The first kappa shape index (κ1) is 17.0. The average molecular weight is 402 g/mol. The number of nitrogens with zero attached hydrogens (tertiary/aromatic N) is 1. The van der Waals surface area contributed by atoms with E-state index in [0.29, 0.717) is 17.8 Å². The number of nitrogens with two attached hydrogens (primary N) is 1.